The molecule has 0 amide bonds. The SMILES string of the molecule is CC(O)c1nccc2cn[nH]c12. The van der Waals surface area contributed by atoms with Crippen LogP contribution in [0.15, 0.2) is 18.5 Å². The second-order valence-corrected chi connectivity index (χ2v) is 2.71. The maximum atomic E-state index is 9.33. The Morgan fingerprint density at radius 1 is 1.58 bits per heavy atom. The zero-order valence-corrected chi connectivity index (χ0v) is 6.65. The van der Waals surface area contributed by atoms with Gasteiger partial charge in [-0.05, 0) is 13.0 Å². The first-order valence-corrected chi connectivity index (χ1v) is 3.75. The maximum Gasteiger partial charge on any atom is 0.0953 e. The minimum Gasteiger partial charge on any atom is -0.387 e. The normalized spacial score (nSPS) is 13.5. The fraction of sp³-hybridized carbons (Fsp3) is 0.250. The van der Waals surface area contributed by atoms with Crippen LogP contribution in [0.2, 0.25) is 0 Å². The van der Waals surface area contributed by atoms with Crippen molar-refractivity contribution >= 4 is 10.9 Å². The van der Waals surface area contributed by atoms with E-state index in [4.69, 9.17) is 0 Å². The summed E-state index contributed by atoms with van der Waals surface area (Å²) in [6.45, 7) is 1.68. The van der Waals surface area contributed by atoms with Crippen LogP contribution in [-0.4, -0.2) is 20.3 Å². The van der Waals surface area contributed by atoms with E-state index in [1.165, 1.54) is 0 Å². The van der Waals surface area contributed by atoms with Crippen LogP contribution in [0.1, 0.15) is 18.7 Å². The summed E-state index contributed by atoms with van der Waals surface area (Å²) >= 11 is 0. The number of aliphatic hydroxyl groups excluding tert-OH is 1. The smallest absolute Gasteiger partial charge is 0.0953 e. The zero-order chi connectivity index (χ0) is 8.55. The van der Waals surface area contributed by atoms with Crippen LogP contribution in [0.5, 0.6) is 0 Å². The Morgan fingerprint density at radius 2 is 2.42 bits per heavy atom. The third-order valence-electron chi connectivity index (χ3n) is 1.79. The van der Waals surface area contributed by atoms with Gasteiger partial charge < -0.3 is 5.11 Å². The van der Waals surface area contributed by atoms with Gasteiger partial charge in [0, 0.05) is 11.6 Å². The summed E-state index contributed by atoms with van der Waals surface area (Å²) in [4.78, 5) is 4.06. The van der Waals surface area contributed by atoms with Gasteiger partial charge in [0.05, 0.1) is 23.5 Å². The van der Waals surface area contributed by atoms with Crippen molar-refractivity contribution < 1.29 is 5.11 Å². The van der Waals surface area contributed by atoms with Gasteiger partial charge in [0.2, 0.25) is 0 Å². The highest BCUT2D eigenvalue weighted by atomic mass is 16.3. The van der Waals surface area contributed by atoms with Crippen LogP contribution in [0, 0.1) is 0 Å². The molecule has 2 aromatic heterocycles. The van der Waals surface area contributed by atoms with E-state index in [9.17, 15) is 5.11 Å². The molecule has 1 atom stereocenters. The predicted octanol–water partition coefficient (Wildman–Crippen LogP) is 1.01. The number of aromatic nitrogens is 3. The highest BCUT2D eigenvalue weighted by molar-refractivity contribution is 5.79. The molecule has 1 unspecified atom stereocenters. The molecule has 2 rings (SSSR count). The Labute approximate surface area is 69.3 Å². The molecule has 0 saturated heterocycles. The van der Waals surface area contributed by atoms with Gasteiger partial charge in [0.15, 0.2) is 0 Å². The number of fused-ring (bicyclic) bond motifs is 1. The molecule has 2 heterocycles. The molecule has 4 nitrogen and oxygen atoms in total. The Kier molecular flexibility index (Phi) is 1.55. The molecule has 62 valence electrons. The third-order valence-corrected chi connectivity index (χ3v) is 1.79. The molecule has 2 aromatic rings. The van der Waals surface area contributed by atoms with Gasteiger partial charge in [0.1, 0.15) is 0 Å². The second-order valence-electron chi connectivity index (χ2n) is 2.71. The van der Waals surface area contributed by atoms with Crippen molar-refractivity contribution in [1.29, 1.82) is 0 Å². The zero-order valence-electron chi connectivity index (χ0n) is 6.65. The minimum absolute atomic E-state index is 0.561. The molecule has 0 fully saturated rings. The first-order valence-electron chi connectivity index (χ1n) is 3.75. The monoisotopic (exact) mass is 163 g/mol. The summed E-state index contributed by atoms with van der Waals surface area (Å²) in [5.74, 6) is 0. The van der Waals surface area contributed by atoms with E-state index < -0.39 is 6.10 Å². The molecule has 0 aliphatic carbocycles. The molecule has 4 heteroatoms. The summed E-state index contributed by atoms with van der Waals surface area (Å²) in [5, 5.41) is 17.0. The highest BCUT2D eigenvalue weighted by Gasteiger charge is 2.08. The lowest BCUT2D eigenvalue weighted by atomic mass is 10.2. The fourth-order valence-electron chi connectivity index (χ4n) is 1.21. The molecule has 0 radical (unpaired) electrons. The number of aliphatic hydroxyl groups is 1. The Hall–Kier alpha value is -1.42. The fourth-order valence-corrected chi connectivity index (χ4v) is 1.21. The summed E-state index contributed by atoms with van der Waals surface area (Å²) in [7, 11) is 0. The lowest BCUT2D eigenvalue weighted by Gasteiger charge is -2.02. The Morgan fingerprint density at radius 3 is 3.17 bits per heavy atom. The molecule has 0 aromatic carbocycles. The van der Waals surface area contributed by atoms with E-state index in [1.807, 2.05) is 6.07 Å². The molecule has 0 aliphatic rings. The van der Waals surface area contributed by atoms with Gasteiger partial charge in [-0.3, -0.25) is 10.1 Å². The number of aromatic amines is 1. The summed E-state index contributed by atoms with van der Waals surface area (Å²) in [6, 6.07) is 1.85. The first-order chi connectivity index (χ1) is 5.79. The van der Waals surface area contributed by atoms with Crippen LogP contribution in [0.4, 0.5) is 0 Å². The molecule has 0 bridgehead atoms. The van der Waals surface area contributed by atoms with Gasteiger partial charge in [0.25, 0.3) is 0 Å². The van der Waals surface area contributed by atoms with Crippen molar-refractivity contribution in [1.82, 2.24) is 15.2 Å². The van der Waals surface area contributed by atoms with Crippen molar-refractivity contribution in [2.75, 3.05) is 0 Å². The topological polar surface area (TPSA) is 61.8 Å². The van der Waals surface area contributed by atoms with Crippen molar-refractivity contribution in [2.45, 2.75) is 13.0 Å². The predicted molar refractivity (Wildman–Crippen MR) is 44.5 cm³/mol. The summed E-state index contributed by atoms with van der Waals surface area (Å²) < 4.78 is 0. The van der Waals surface area contributed by atoms with Crippen LogP contribution >= 0.6 is 0 Å². The summed E-state index contributed by atoms with van der Waals surface area (Å²) in [5.41, 5.74) is 1.46. The molecule has 0 saturated carbocycles. The second kappa shape index (κ2) is 2.57. The molecule has 12 heavy (non-hydrogen) atoms. The van der Waals surface area contributed by atoms with Gasteiger partial charge in [-0.25, -0.2) is 0 Å². The lowest BCUT2D eigenvalue weighted by Crippen LogP contribution is -1.95. The van der Waals surface area contributed by atoms with E-state index >= 15 is 0 Å². The molecular formula is C8H9N3O. The van der Waals surface area contributed by atoms with E-state index in [-0.39, 0.29) is 0 Å². The third kappa shape index (κ3) is 0.967. The molecule has 0 aliphatic heterocycles. The van der Waals surface area contributed by atoms with Gasteiger partial charge in [-0.15, -0.1) is 0 Å². The Bertz CT molecular complexity index is 394. The van der Waals surface area contributed by atoms with E-state index in [0.29, 0.717) is 5.69 Å². The standard InChI is InChI=1S/C8H9N3O/c1-5(12)7-8-6(2-3-9-7)4-10-11-8/h2-5,12H,1H3,(H,10,11). The van der Waals surface area contributed by atoms with E-state index in [1.54, 1.807) is 19.3 Å². The van der Waals surface area contributed by atoms with Crippen LogP contribution in [0.3, 0.4) is 0 Å². The quantitative estimate of drug-likeness (QED) is 0.659. The average Bonchev–Trinajstić information content (AvgIpc) is 2.49. The van der Waals surface area contributed by atoms with Gasteiger partial charge in [-0.2, -0.15) is 5.10 Å². The first kappa shape index (κ1) is 7.24. The van der Waals surface area contributed by atoms with Crippen LogP contribution < -0.4 is 0 Å². The number of hydrogen-bond donors (Lipinski definition) is 2. The van der Waals surface area contributed by atoms with Crippen molar-refractivity contribution in [3.05, 3.63) is 24.2 Å². The van der Waals surface area contributed by atoms with Crippen molar-refractivity contribution in [3.8, 4) is 0 Å². The van der Waals surface area contributed by atoms with Crippen LogP contribution in [0.25, 0.3) is 10.9 Å². The lowest BCUT2D eigenvalue weighted by molar-refractivity contribution is 0.196. The van der Waals surface area contributed by atoms with Crippen LogP contribution in [-0.2, 0) is 0 Å². The summed E-state index contributed by atoms with van der Waals surface area (Å²) in [6.07, 6.45) is 2.82. The number of nitrogens with zero attached hydrogens (tertiary/aromatic N) is 2. The Balaban J connectivity index is 2.73. The number of nitrogens with one attached hydrogen (secondary N) is 1. The van der Waals surface area contributed by atoms with Crippen molar-refractivity contribution in [3.63, 3.8) is 0 Å². The van der Waals surface area contributed by atoms with Crippen molar-refractivity contribution in [2.24, 2.45) is 0 Å². The number of H-pyrrole nitrogens is 1. The van der Waals surface area contributed by atoms with E-state index in [2.05, 4.69) is 15.2 Å². The highest BCUT2D eigenvalue weighted by Crippen LogP contribution is 2.18. The number of pyridine rings is 1. The minimum atomic E-state index is -0.561. The number of hydrogen-bond acceptors (Lipinski definition) is 3. The van der Waals surface area contributed by atoms with E-state index in [0.717, 1.165) is 10.9 Å². The molecule has 2 N–H and O–H groups in total. The molecule has 0 spiro atoms. The number of rotatable bonds is 1. The maximum absolute atomic E-state index is 9.33. The van der Waals surface area contributed by atoms with Gasteiger partial charge in [-0.1, -0.05) is 0 Å². The largest absolute Gasteiger partial charge is 0.387 e. The molecular weight excluding hydrogens is 154 g/mol. The average molecular weight is 163 g/mol. The van der Waals surface area contributed by atoms with Gasteiger partial charge >= 0.3 is 0 Å².